The lowest BCUT2D eigenvalue weighted by Crippen LogP contribution is -2.46. The second-order valence-electron chi connectivity index (χ2n) is 9.01. The van der Waals surface area contributed by atoms with Crippen LogP contribution in [0, 0.1) is 5.82 Å². The molecule has 1 aliphatic heterocycles. The number of ether oxygens (including phenoxy) is 2. The van der Waals surface area contributed by atoms with E-state index in [9.17, 15) is 14.3 Å². The van der Waals surface area contributed by atoms with Crippen molar-refractivity contribution in [1.29, 1.82) is 0 Å². The monoisotopic (exact) mass is 453 g/mol. The van der Waals surface area contributed by atoms with E-state index in [-0.39, 0.29) is 12.4 Å². The van der Waals surface area contributed by atoms with Crippen LogP contribution in [0.3, 0.4) is 0 Å². The van der Waals surface area contributed by atoms with Gasteiger partial charge in [-0.25, -0.2) is 14.2 Å². The maximum absolute atomic E-state index is 14.0. The zero-order valence-corrected chi connectivity index (χ0v) is 19.2. The average Bonchev–Trinajstić information content (AvgIpc) is 3.22. The van der Waals surface area contributed by atoms with Crippen LogP contribution < -0.4 is 4.74 Å². The van der Waals surface area contributed by atoms with Gasteiger partial charge in [-0.3, -0.25) is 4.90 Å². The molecular weight excluding hydrogens is 425 g/mol. The Morgan fingerprint density at radius 1 is 1.27 bits per heavy atom. The van der Waals surface area contributed by atoms with Crippen LogP contribution in [0.25, 0.3) is 27.7 Å². The Hall–Kier alpha value is -3.39. The fourth-order valence-electron chi connectivity index (χ4n) is 4.06. The Kier molecular flexibility index (Phi) is 6.12. The Morgan fingerprint density at radius 3 is 2.76 bits per heavy atom. The Balaban J connectivity index is 1.70. The van der Waals surface area contributed by atoms with E-state index in [0.717, 1.165) is 22.2 Å². The molecule has 8 heteroatoms. The minimum atomic E-state index is -0.613. The van der Waals surface area contributed by atoms with Gasteiger partial charge in [0.1, 0.15) is 22.8 Å². The number of carbonyl (C=O) groups excluding carboxylic acids is 1. The van der Waals surface area contributed by atoms with Gasteiger partial charge in [-0.2, -0.15) is 0 Å². The molecule has 2 aromatic heterocycles. The van der Waals surface area contributed by atoms with E-state index in [4.69, 9.17) is 9.47 Å². The number of benzene rings is 1. The van der Waals surface area contributed by atoms with E-state index < -0.39 is 17.7 Å². The first-order chi connectivity index (χ1) is 15.7. The van der Waals surface area contributed by atoms with Crippen molar-refractivity contribution in [3.05, 3.63) is 54.1 Å². The summed E-state index contributed by atoms with van der Waals surface area (Å²) < 4.78 is 24.9. The number of nitrogens with zero attached hydrogens (tertiary/aromatic N) is 2. The second-order valence-corrected chi connectivity index (χ2v) is 9.01. The van der Waals surface area contributed by atoms with Gasteiger partial charge in [0.2, 0.25) is 0 Å². The maximum atomic E-state index is 14.0. The van der Waals surface area contributed by atoms with Crippen molar-refractivity contribution in [3.63, 3.8) is 0 Å². The van der Waals surface area contributed by atoms with Crippen LogP contribution in [0.2, 0.25) is 0 Å². The highest BCUT2D eigenvalue weighted by molar-refractivity contribution is 5.96. The van der Waals surface area contributed by atoms with Crippen LogP contribution in [0.15, 0.2) is 42.6 Å². The van der Waals surface area contributed by atoms with E-state index in [0.29, 0.717) is 29.9 Å². The maximum Gasteiger partial charge on any atom is 0.410 e. The number of aliphatic hydroxyl groups excluding tert-OH is 1. The molecule has 174 valence electrons. The summed E-state index contributed by atoms with van der Waals surface area (Å²) in [6.07, 6.45) is 3.68. The summed E-state index contributed by atoms with van der Waals surface area (Å²) in [4.78, 5) is 21.9. The lowest BCUT2D eigenvalue weighted by atomic mass is 9.99. The summed E-state index contributed by atoms with van der Waals surface area (Å²) in [7, 11) is 1.55. The first kappa shape index (κ1) is 22.8. The molecule has 3 heterocycles. The molecule has 0 unspecified atom stereocenters. The number of H-pyrrole nitrogens is 1. The zero-order chi connectivity index (χ0) is 23.8. The standard InChI is InChI=1S/C25H28FN3O4/c1-25(2,3)33-24(31)29-10-8-15(11-17(29)14-30)21-13-20-18(7-9-27-23(20)28-21)19-12-16(26)5-6-22(19)32-4/h5-7,9,11-13,17,30H,8,10,14H2,1-4H3,(H,27,28)/t17-/m0/s1. The zero-order valence-electron chi connectivity index (χ0n) is 19.2. The highest BCUT2D eigenvalue weighted by Gasteiger charge is 2.30. The normalized spacial score (nSPS) is 16.6. The van der Waals surface area contributed by atoms with Crippen LogP contribution in [0.1, 0.15) is 32.9 Å². The fourth-order valence-corrected chi connectivity index (χ4v) is 4.06. The number of amides is 1. The van der Waals surface area contributed by atoms with Gasteiger partial charge in [-0.15, -0.1) is 0 Å². The summed E-state index contributed by atoms with van der Waals surface area (Å²) in [6.45, 7) is 5.64. The molecule has 4 rings (SSSR count). The van der Waals surface area contributed by atoms with Crippen LogP contribution in [0.5, 0.6) is 5.75 Å². The van der Waals surface area contributed by atoms with Gasteiger partial charge in [0.05, 0.1) is 19.8 Å². The largest absolute Gasteiger partial charge is 0.496 e. The number of fused-ring (bicyclic) bond motifs is 1. The number of rotatable bonds is 4. The number of halogens is 1. The molecular formula is C25H28FN3O4. The number of pyridine rings is 1. The SMILES string of the molecule is COc1ccc(F)cc1-c1ccnc2[nH]c(C3=C[C@@H](CO)N(C(=O)OC(C)(C)C)CC3)cc12. The molecule has 0 radical (unpaired) electrons. The van der Waals surface area contributed by atoms with Gasteiger partial charge in [0.15, 0.2) is 0 Å². The lowest BCUT2D eigenvalue weighted by Gasteiger charge is -2.34. The van der Waals surface area contributed by atoms with Crippen molar-refractivity contribution in [2.75, 3.05) is 20.3 Å². The number of hydrogen-bond donors (Lipinski definition) is 2. The second kappa shape index (κ2) is 8.86. The van der Waals surface area contributed by atoms with Crippen LogP contribution in [-0.4, -0.2) is 58.0 Å². The van der Waals surface area contributed by atoms with E-state index in [1.54, 1.807) is 24.3 Å². The highest BCUT2D eigenvalue weighted by Crippen LogP contribution is 2.37. The number of carbonyl (C=O) groups is 1. The molecule has 7 nitrogen and oxygen atoms in total. The molecule has 3 aromatic rings. The Labute approximate surface area is 191 Å². The van der Waals surface area contributed by atoms with Gasteiger partial charge < -0.3 is 19.6 Å². The minimum absolute atomic E-state index is 0.215. The van der Waals surface area contributed by atoms with E-state index in [2.05, 4.69) is 9.97 Å². The van der Waals surface area contributed by atoms with E-state index in [1.807, 2.05) is 39.0 Å². The van der Waals surface area contributed by atoms with Crippen molar-refractivity contribution in [2.24, 2.45) is 0 Å². The molecule has 0 spiro atoms. The lowest BCUT2D eigenvalue weighted by molar-refractivity contribution is 0.0143. The molecule has 0 saturated heterocycles. The summed E-state index contributed by atoms with van der Waals surface area (Å²) in [5.74, 6) is 0.214. The molecule has 0 bridgehead atoms. The van der Waals surface area contributed by atoms with Gasteiger partial charge in [-0.05, 0) is 68.7 Å². The minimum Gasteiger partial charge on any atom is -0.496 e. The smallest absolute Gasteiger partial charge is 0.410 e. The molecule has 1 atom stereocenters. The molecule has 0 saturated carbocycles. The molecule has 1 aromatic carbocycles. The summed E-state index contributed by atoms with van der Waals surface area (Å²) in [5.41, 5.74) is 3.27. The third-order valence-electron chi connectivity index (χ3n) is 5.56. The molecule has 0 fully saturated rings. The van der Waals surface area contributed by atoms with E-state index in [1.165, 1.54) is 12.1 Å². The predicted molar refractivity (Wildman–Crippen MR) is 124 cm³/mol. The van der Waals surface area contributed by atoms with Crippen molar-refractivity contribution in [2.45, 2.75) is 38.8 Å². The topological polar surface area (TPSA) is 87.7 Å². The number of nitrogens with one attached hydrogen (secondary N) is 1. The van der Waals surface area contributed by atoms with Gasteiger partial charge >= 0.3 is 6.09 Å². The Morgan fingerprint density at radius 2 is 2.06 bits per heavy atom. The number of aromatic amines is 1. The number of aromatic nitrogens is 2. The molecule has 0 aliphatic carbocycles. The number of hydrogen-bond acceptors (Lipinski definition) is 5. The van der Waals surface area contributed by atoms with Crippen LogP contribution in [0.4, 0.5) is 9.18 Å². The van der Waals surface area contributed by atoms with Gasteiger partial charge in [0.25, 0.3) is 0 Å². The van der Waals surface area contributed by atoms with E-state index >= 15 is 0 Å². The van der Waals surface area contributed by atoms with Crippen LogP contribution >= 0.6 is 0 Å². The summed E-state index contributed by atoms with van der Waals surface area (Å²) >= 11 is 0. The van der Waals surface area contributed by atoms with Crippen molar-refractivity contribution < 1.29 is 23.8 Å². The first-order valence-electron chi connectivity index (χ1n) is 10.8. The van der Waals surface area contributed by atoms with Gasteiger partial charge in [0, 0.05) is 29.4 Å². The molecule has 33 heavy (non-hydrogen) atoms. The third-order valence-corrected chi connectivity index (χ3v) is 5.56. The quantitative estimate of drug-likeness (QED) is 0.595. The first-order valence-corrected chi connectivity index (χ1v) is 10.8. The van der Waals surface area contributed by atoms with Crippen molar-refractivity contribution in [1.82, 2.24) is 14.9 Å². The fraction of sp³-hybridized carbons (Fsp3) is 0.360. The van der Waals surface area contributed by atoms with Crippen molar-refractivity contribution in [3.8, 4) is 16.9 Å². The molecule has 1 aliphatic rings. The summed E-state index contributed by atoms with van der Waals surface area (Å²) in [6, 6.07) is 7.71. The number of methoxy groups -OCH3 is 1. The average molecular weight is 454 g/mol. The highest BCUT2D eigenvalue weighted by atomic mass is 19.1. The number of aliphatic hydroxyl groups is 1. The third kappa shape index (κ3) is 4.71. The Bertz CT molecular complexity index is 1210. The van der Waals surface area contributed by atoms with Crippen LogP contribution in [-0.2, 0) is 4.74 Å². The predicted octanol–water partition coefficient (Wildman–Crippen LogP) is 4.76. The van der Waals surface area contributed by atoms with Crippen molar-refractivity contribution >= 4 is 22.7 Å². The summed E-state index contributed by atoms with van der Waals surface area (Å²) in [5, 5.41) is 10.7. The molecule has 1 amide bonds. The van der Waals surface area contributed by atoms with Gasteiger partial charge in [-0.1, -0.05) is 6.08 Å². The molecule has 2 N–H and O–H groups in total.